The van der Waals surface area contributed by atoms with Crippen LogP contribution in [0.1, 0.15) is 22.3 Å². The van der Waals surface area contributed by atoms with Gasteiger partial charge in [-0.3, -0.25) is 19.4 Å². The summed E-state index contributed by atoms with van der Waals surface area (Å²) in [5.41, 5.74) is -0.298. The molecule has 1 fully saturated rings. The van der Waals surface area contributed by atoms with Crippen molar-refractivity contribution in [1.29, 1.82) is 0 Å². The van der Waals surface area contributed by atoms with Crippen LogP contribution >= 0.6 is 0 Å². The van der Waals surface area contributed by atoms with Crippen LogP contribution in [-0.2, 0) is 11.2 Å². The van der Waals surface area contributed by atoms with Crippen LogP contribution in [0.25, 0.3) is 0 Å². The van der Waals surface area contributed by atoms with Crippen molar-refractivity contribution in [3.8, 4) is 5.75 Å². The molecule has 0 unspecified atom stereocenters. The molecule has 1 heterocycles. The fourth-order valence-electron chi connectivity index (χ4n) is 3.86. The molecule has 3 amide bonds. The molecule has 0 aromatic heterocycles. The van der Waals surface area contributed by atoms with E-state index in [4.69, 9.17) is 4.74 Å². The van der Waals surface area contributed by atoms with E-state index in [-0.39, 0.29) is 25.9 Å². The summed E-state index contributed by atoms with van der Waals surface area (Å²) in [4.78, 5) is 41.0. The lowest BCUT2D eigenvalue weighted by Gasteiger charge is -2.47. The summed E-state index contributed by atoms with van der Waals surface area (Å²) in [5.74, 6) is -0.409. The van der Waals surface area contributed by atoms with Gasteiger partial charge in [0.2, 0.25) is 0 Å². The summed E-state index contributed by atoms with van der Waals surface area (Å²) in [6, 6.07) is 15.6. The number of hydrogen-bond acceptors (Lipinski definition) is 4. The van der Waals surface area contributed by atoms with Gasteiger partial charge in [0.25, 0.3) is 11.8 Å². The van der Waals surface area contributed by atoms with E-state index in [9.17, 15) is 19.5 Å². The van der Waals surface area contributed by atoms with Crippen molar-refractivity contribution < 1.29 is 24.2 Å². The molecule has 7 nitrogen and oxygen atoms in total. The Bertz CT molecular complexity index is 942. The highest BCUT2D eigenvalue weighted by Gasteiger charge is 2.52. The lowest BCUT2D eigenvalue weighted by molar-refractivity contribution is -0.145. The second-order valence-corrected chi connectivity index (χ2v) is 7.11. The van der Waals surface area contributed by atoms with Gasteiger partial charge < -0.3 is 9.84 Å². The zero-order chi connectivity index (χ0) is 21.7. The third kappa shape index (κ3) is 3.91. The van der Waals surface area contributed by atoms with Gasteiger partial charge in [0.1, 0.15) is 11.3 Å². The fraction of sp³-hybridized carbons (Fsp3) is 0.261. The first-order chi connectivity index (χ1) is 14.4. The average Bonchev–Trinajstić information content (AvgIpc) is 2.76. The number of benzene rings is 2. The summed E-state index contributed by atoms with van der Waals surface area (Å²) >= 11 is 0. The molecule has 3 rings (SSSR count). The van der Waals surface area contributed by atoms with Crippen molar-refractivity contribution in [2.45, 2.75) is 18.4 Å². The quantitative estimate of drug-likeness (QED) is 0.586. The number of ether oxygens (including phenoxy) is 1. The minimum absolute atomic E-state index is 0.0102. The van der Waals surface area contributed by atoms with Gasteiger partial charge in [0, 0.05) is 25.1 Å². The molecule has 0 saturated carbocycles. The minimum Gasteiger partial charge on any atom is -0.497 e. The zero-order valence-electron chi connectivity index (χ0n) is 16.8. The van der Waals surface area contributed by atoms with Crippen LogP contribution < -0.4 is 4.74 Å². The lowest BCUT2D eigenvalue weighted by Crippen LogP contribution is -2.68. The Morgan fingerprint density at radius 3 is 2.37 bits per heavy atom. The maximum atomic E-state index is 13.6. The number of imide groups is 1. The molecule has 7 heteroatoms. The van der Waals surface area contributed by atoms with Crippen molar-refractivity contribution in [2.75, 3.05) is 20.2 Å². The van der Waals surface area contributed by atoms with Gasteiger partial charge in [0.05, 0.1) is 7.11 Å². The highest BCUT2D eigenvalue weighted by molar-refractivity contribution is 6.08. The number of nitrogens with zero attached hydrogens (tertiary/aromatic N) is 2. The normalized spacial score (nSPS) is 18.8. The Kier molecular flexibility index (Phi) is 6.20. The zero-order valence-corrected chi connectivity index (χ0v) is 16.8. The summed E-state index contributed by atoms with van der Waals surface area (Å²) in [6.07, 6.45) is 0.576. The van der Waals surface area contributed by atoms with Crippen molar-refractivity contribution in [3.05, 3.63) is 78.4 Å². The average molecular weight is 408 g/mol. The molecule has 1 N–H and O–H groups in total. The summed E-state index contributed by atoms with van der Waals surface area (Å²) in [7, 11) is 1.53. The monoisotopic (exact) mass is 408 g/mol. The first-order valence-corrected chi connectivity index (χ1v) is 9.58. The van der Waals surface area contributed by atoms with Crippen molar-refractivity contribution in [3.63, 3.8) is 0 Å². The van der Waals surface area contributed by atoms with E-state index in [0.717, 1.165) is 15.4 Å². The molecule has 156 valence electrons. The third-order valence-electron chi connectivity index (χ3n) is 5.34. The number of methoxy groups -OCH3 is 1. The Balaban J connectivity index is 2.00. The molecule has 2 aromatic rings. The minimum atomic E-state index is -1.44. The highest BCUT2D eigenvalue weighted by Crippen LogP contribution is 2.32. The number of carbonyl (C=O) groups is 3. The Hall–Kier alpha value is -3.61. The van der Waals surface area contributed by atoms with Crippen LogP contribution in [-0.4, -0.2) is 58.6 Å². The van der Waals surface area contributed by atoms with E-state index in [0.29, 0.717) is 11.3 Å². The number of carbonyl (C=O) groups excluding carboxylic acids is 2. The SMILES string of the molecule is C=CC[C@@]1(Cc2ccccc2)C(=O)N(C(=O)c2ccc(OC)cc2)CCN1C(=O)O. The predicted octanol–water partition coefficient (Wildman–Crippen LogP) is 3.22. The Morgan fingerprint density at radius 2 is 1.80 bits per heavy atom. The topological polar surface area (TPSA) is 87.2 Å². The van der Waals surface area contributed by atoms with Crippen LogP contribution in [0.2, 0.25) is 0 Å². The number of amides is 3. The molecule has 0 radical (unpaired) electrons. The van der Waals surface area contributed by atoms with Crippen LogP contribution in [0.15, 0.2) is 67.3 Å². The van der Waals surface area contributed by atoms with E-state index < -0.39 is 23.4 Å². The van der Waals surface area contributed by atoms with Crippen molar-refractivity contribution in [1.82, 2.24) is 9.80 Å². The second-order valence-electron chi connectivity index (χ2n) is 7.11. The predicted molar refractivity (Wildman–Crippen MR) is 111 cm³/mol. The Morgan fingerprint density at radius 1 is 1.13 bits per heavy atom. The molecule has 1 atom stereocenters. The maximum absolute atomic E-state index is 13.6. The molecule has 0 spiro atoms. The molecule has 1 saturated heterocycles. The van der Waals surface area contributed by atoms with Gasteiger partial charge in [0.15, 0.2) is 0 Å². The smallest absolute Gasteiger partial charge is 0.408 e. The number of hydrogen-bond donors (Lipinski definition) is 1. The Labute approximate surface area is 175 Å². The molecule has 2 aromatic carbocycles. The first-order valence-electron chi connectivity index (χ1n) is 9.58. The van der Waals surface area contributed by atoms with E-state index in [1.165, 1.54) is 13.2 Å². The van der Waals surface area contributed by atoms with Gasteiger partial charge in [-0.15, -0.1) is 6.58 Å². The van der Waals surface area contributed by atoms with E-state index in [1.807, 2.05) is 30.3 Å². The standard InChI is InChI=1S/C23H24N2O5/c1-3-13-23(16-17-7-5-4-6-8-17)21(27)24(14-15-25(23)22(28)29)20(26)18-9-11-19(30-2)12-10-18/h3-12H,1,13-16H2,2H3,(H,28,29)/t23-/m1/s1. The van der Waals surface area contributed by atoms with Crippen LogP contribution in [0, 0.1) is 0 Å². The molecule has 0 bridgehead atoms. The van der Waals surface area contributed by atoms with Crippen molar-refractivity contribution in [2.24, 2.45) is 0 Å². The first kappa shape index (κ1) is 21.1. The molecule has 1 aliphatic rings. The molecular formula is C23H24N2O5. The highest BCUT2D eigenvalue weighted by atomic mass is 16.5. The van der Waals surface area contributed by atoms with Crippen LogP contribution in [0.4, 0.5) is 4.79 Å². The largest absolute Gasteiger partial charge is 0.497 e. The van der Waals surface area contributed by atoms with E-state index >= 15 is 0 Å². The second kappa shape index (κ2) is 8.82. The number of rotatable bonds is 6. The maximum Gasteiger partial charge on any atom is 0.408 e. The van der Waals surface area contributed by atoms with Gasteiger partial charge in [-0.25, -0.2) is 4.79 Å². The van der Waals surface area contributed by atoms with Crippen LogP contribution in [0.3, 0.4) is 0 Å². The number of carboxylic acid groups (broad SMARTS) is 1. The lowest BCUT2D eigenvalue weighted by atomic mass is 9.82. The number of piperazine rings is 1. The van der Waals surface area contributed by atoms with Gasteiger partial charge in [-0.05, 0) is 36.2 Å². The van der Waals surface area contributed by atoms with Gasteiger partial charge >= 0.3 is 6.09 Å². The molecule has 30 heavy (non-hydrogen) atoms. The summed E-state index contributed by atoms with van der Waals surface area (Å²) in [5, 5.41) is 9.82. The van der Waals surface area contributed by atoms with Crippen molar-refractivity contribution >= 4 is 17.9 Å². The van der Waals surface area contributed by atoms with Crippen LogP contribution in [0.5, 0.6) is 5.75 Å². The summed E-state index contributed by atoms with van der Waals surface area (Å²) in [6.45, 7) is 3.75. The molecule has 0 aliphatic carbocycles. The molecule has 1 aliphatic heterocycles. The van der Waals surface area contributed by atoms with E-state index in [1.54, 1.807) is 24.3 Å². The molecular weight excluding hydrogens is 384 g/mol. The summed E-state index contributed by atoms with van der Waals surface area (Å²) < 4.78 is 5.11. The fourth-order valence-corrected chi connectivity index (χ4v) is 3.86. The van der Waals surface area contributed by atoms with Gasteiger partial charge in [-0.2, -0.15) is 0 Å². The van der Waals surface area contributed by atoms with Gasteiger partial charge in [-0.1, -0.05) is 36.4 Å². The van der Waals surface area contributed by atoms with E-state index in [2.05, 4.69) is 6.58 Å². The third-order valence-corrected chi connectivity index (χ3v) is 5.34.